The number of rotatable bonds is 4. The van der Waals surface area contributed by atoms with E-state index in [4.69, 9.17) is 4.74 Å². The molecule has 3 atom stereocenters. The number of allylic oxidation sites excluding steroid dienone is 2. The molecule has 1 heterocycles. The number of nitro benzene ring substituents is 1. The molecule has 0 spiro atoms. The zero-order chi connectivity index (χ0) is 20.7. The summed E-state index contributed by atoms with van der Waals surface area (Å²) in [6, 6.07) is 22.2. The minimum absolute atomic E-state index is 0.00419. The Morgan fingerprint density at radius 2 is 1.87 bits per heavy atom. The number of nitrogens with one attached hydrogen (secondary N) is 1. The fourth-order valence-corrected chi connectivity index (χ4v) is 4.78. The second kappa shape index (κ2) is 7.34. The van der Waals surface area contributed by atoms with Crippen molar-refractivity contribution in [2.45, 2.75) is 18.4 Å². The lowest BCUT2D eigenvalue weighted by Gasteiger charge is -2.37. The van der Waals surface area contributed by atoms with Gasteiger partial charge in [-0.15, -0.1) is 0 Å². The van der Waals surface area contributed by atoms with Gasteiger partial charge in [-0.3, -0.25) is 10.1 Å². The molecule has 1 aliphatic carbocycles. The number of anilines is 1. The van der Waals surface area contributed by atoms with Gasteiger partial charge in [0, 0.05) is 17.7 Å². The van der Waals surface area contributed by atoms with Gasteiger partial charge in [0.25, 0.3) is 0 Å². The van der Waals surface area contributed by atoms with Crippen LogP contribution in [0.2, 0.25) is 0 Å². The lowest BCUT2D eigenvalue weighted by Crippen LogP contribution is -2.29. The van der Waals surface area contributed by atoms with Gasteiger partial charge in [0.15, 0.2) is 5.75 Å². The van der Waals surface area contributed by atoms with Crippen molar-refractivity contribution in [1.29, 1.82) is 0 Å². The van der Waals surface area contributed by atoms with E-state index in [0.717, 1.165) is 17.7 Å². The standard InChI is InChI=1S/C25H22N2O3/c1-30-24-13-11-18(15-23(24)27(28)29)25-20-9-5-8-19(20)21-14-17(10-12-22(21)26-25)16-6-3-2-4-7-16/h2-8,10-15,19-20,25-26H,9H2,1H3/t19-,20+,25-/m1/s1. The van der Waals surface area contributed by atoms with Crippen molar-refractivity contribution >= 4 is 11.4 Å². The topological polar surface area (TPSA) is 64.4 Å². The van der Waals surface area contributed by atoms with Gasteiger partial charge in [0.05, 0.1) is 18.1 Å². The first kappa shape index (κ1) is 18.4. The van der Waals surface area contributed by atoms with E-state index in [-0.39, 0.29) is 28.3 Å². The second-order valence-corrected chi connectivity index (χ2v) is 7.83. The van der Waals surface area contributed by atoms with Crippen LogP contribution in [0.1, 0.15) is 29.5 Å². The maximum absolute atomic E-state index is 11.5. The molecule has 0 fully saturated rings. The molecule has 5 heteroatoms. The summed E-state index contributed by atoms with van der Waals surface area (Å²) in [5.41, 5.74) is 5.70. The number of hydrogen-bond donors (Lipinski definition) is 1. The molecule has 0 aromatic heterocycles. The predicted molar refractivity (Wildman–Crippen MR) is 118 cm³/mol. The molecule has 0 unspecified atom stereocenters. The maximum atomic E-state index is 11.5. The van der Waals surface area contributed by atoms with Crippen LogP contribution in [-0.4, -0.2) is 12.0 Å². The van der Waals surface area contributed by atoms with Gasteiger partial charge in [-0.05, 0) is 52.8 Å². The summed E-state index contributed by atoms with van der Waals surface area (Å²) in [5.74, 6) is 0.890. The minimum Gasteiger partial charge on any atom is -0.490 e. The van der Waals surface area contributed by atoms with Crippen LogP contribution in [0.5, 0.6) is 5.75 Å². The molecule has 0 saturated heterocycles. The number of methoxy groups -OCH3 is 1. The number of hydrogen-bond acceptors (Lipinski definition) is 4. The second-order valence-electron chi connectivity index (χ2n) is 7.83. The van der Waals surface area contributed by atoms with Gasteiger partial charge in [-0.2, -0.15) is 0 Å². The maximum Gasteiger partial charge on any atom is 0.311 e. The van der Waals surface area contributed by atoms with Crippen LogP contribution in [0.3, 0.4) is 0 Å². The predicted octanol–water partition coefficient (Wildman–Crippen LogP) is 6.10. The molecular weight excluding hydrogens is 376 g/mol. The molecule has 30 heavy (non-hydrogen) atoms. The zero-order valence-electron chi connectivity index (χ0n) is 16.6. The van der Waals surface area contributed by atoms with Crippen LogP contribution in [0, 0.1) is 16.0 Å². The lowest BCUT2D eigenvalue weighted by atomic mass is 9.76. The van der Waals surface area contributed by atoms with Crippen molar-refractivity contribution in [3.63, 3.8) is 0 Å². The number of fused-ring (bicyclic) bond motifs is 3. The van der Waals surface area contributed by atoms with Crippen molar-refractivity contribution in [2.75, 3.05) is 12.4 Å². The average molecular weight is 398 g/mol. The van der Waals surface area contributed by atoms with E-state index in [2.05, 4.69) is 59.9 Å². The smallest absolute Gasteiger partial charge is 0.311 e. The summed E-state index contributed by atoms with van der Waals surface area (Å²) in [4.78, 5) is 11.1. The van der Waals surface area contributed by atoms with Gasteiger partial charge in [0.1, 0.15) is 0 Å². The van der Waals surface area contributed by atoms with E-state index in [9.17, 15) is 10.1 Å². The van der Waals surface area contributed by atoms with Crippen molar-refractivity contribution < 1.29 is 9.66 Å². The van der Waals surface area contributed by atoms with Gasteiger partial charge in [-0.1, -0.05) is 54.6 Å². The Morgan fingerprint density at radius 3 is 2.63 bits per heavy atom. The van der Waals surface area contributed by atoms with E-state index < -0.39 is 0 Å². The van der Waals surface area contributed by atoms with Crippen LogP contribution < -0.4 is 10.1 Å². The first-order chi connectivity index (χ1) is 14.7. The highest BCUT2D eigenvalue weighted by molar-refractivity contribution is 5.71. The summed E-state index contributed by atoms with van der Waals surface area (Å²) >= 11 is 0. The van der Waals surface area contributed by atoms with E-state index in [1.807, 2.05) is 12.1 Å². The summed E-state index contributed by atoms with van der Waals surface area (Å²) in [6.07, 6.45) is 5.45. The molecule has 0 saturated carbocycles. The van der Waals surface area contributed by atoms with Crippen molar-refractivity contribution in [1.82, 2.24) is 0 Å². The third kappa shape index (κ3) is 3.03. The zero-order valence-corrected chi connectivity index (χ0v) is 16.6. The Bertz CT molecular complexity index is 1140. The van der Waals surface area contributed by atoms with Gasteiger partial charge in [-0.25, -0.2) is 0 Å². The normalized spacial score (nSPS) is 21.4. The summed E-state index contributed by atoms with van der Waals surface area (Å²) < 4.78 is 5.17. The third-order valence-electron chi connectivity index (χ3n) is 6.23. The first-order valence-electron chi connectivity index (χ1n) is 10.1. The molecule has 5 nitrogen and oxygen atoms in total. The van der Waals surface area contributed by atoms with E-state index in [0.29, 0.717) is 5.92 Å². The minimum atomic E-state index is -0.379. The van der Waals surface area contributed by atoms with Crippen LogP contribution in [-0.2, 0) is 0 Å². The molecule has 0 bridgehead atoms. The van der Waals surface area contributed by atoms with E-state index in [1.165, 1.54) is 23.8 Å². The Balaban J connectivity index is 1.55. The molecule has 5 rings (SSSR count). The Hall–Kier alpha value is -3.60. The fourth-order valence-electron chi connectivity index (χ4n) is 4.78. The van der Waals surface area contributed by atoms with Gasteiger partial charge >= 0.3 is 5.69 Å². The Kier molecular flexibility index (Phi) is 4.51. The van der Waals surface area contributed by atoms with Crippen LogP contribution >= 0.6 is 0 Å². The summed E-state index contributed by atoms with van der Waals surface area (Å²) in [7, 11) is 1.46. The molecule has 0 radical (unpaired) electrons. The summed E-state index contributed by atoms with van der Waals surface area (Å²) in [5, 5.41) is 15.2. The Labute approximate surface area is 175 Å². The molecule has 3 aromatic carbocycles. The molecule has 3 aromatic rings. The van der Waals surface area contributed by atoms with E-state index >= 15 is 0 Å². The highest BCUT2D eigenvalue weighted by Gasteiger charge is 2.38. The largest absolute Gasteiger partial charge is 0.490 e. The highest BCUT2D eigenvalue weighted by atomic mass is 16.6. The van der Waals surface area contributed by atoms with Gasteiger partial charge in [0.2, 0.25) is 0 Å². The number of benzene rings is 3. The highest BCUT2D eigenvalue weighted by Crippen LogP contribution is 2.51. The third-order valence-corrected chi connectivity index (χ3v) is 6.23. The monoisotopic (exact) mass is 398 g/mol. The molecular formula is C25H22N2O3. The van der Waals surface area contributed by atoms with Gasteiger partial charge < -0.3 is 10.1 Å². The lowest BCUT2D eigenvalue weighted by molar-refractivity contribution is -0.385. The number of ether oxygens (including phenoxy) is 1. The van der Waals surface area contributed by atoms with Crippen LogP contribution in [0.4, 0.5) is 11.4 Å². The number of nitro groups is 1. The van der Waals surface area contributed by atoms with Crippen molar-refractivity contribution in [2.24, 2.45) is 5.92 Å². The summed E-state index contributed by atoms with van der Waals surface area (Å²) in [6.45, 7) is 0. The Morgan fingerprint density at radius 1 is 1.03 bits per heavy atom. The number of nitrogens with zero attached hydrogens (tertiary/aromatic N) is 1. The van der Waals surface area contributed by atoms with E-state index in [1.54, 1.807) is 12.1 Å². The fraction of sp³-hybridized carbons (Fsp3) is 0.200. The molecule has 2 aliphatic rings. The molecule has 150 valence electrons. The molecule has 1 aliphatic heterocycles. The average Bonchev–Trinajstić information content (AvgIpc) is 3.28. The van der Waals surface area contributed by atoms with Crippen LogP contribution in [0.15, 0.2) is 78.9 Å². The van der Waals surface area contributed by atoms with Crippen molar-refractivity contribution in [3.8, 4) is 16.9 Å². The first-order valence-corrected chi connectivity index (χ1v) is 10.1. The van der Waals surface area contributed by atoms with Crippen LogP contribution in [0.25, 0.3) is 11.1 Å². The molecule has 1 N–H and O–H groups in total. The van der Waals surface area contributed by atoms with Crippen molar-refractivity contribution in [3.05, 3.63) is 100 Å². The quantitative estimate of drug-likeness (QED) is 0.328. The SMILES string of the molecule is COc1ccc([C@H]2Nc3ccc(-c4ccccc4)cc3[C@@H]3C=CC[C@H]23)cc1[N+](=O)[O-]. The molecule has 0 amide bonds.